The van der Waals surface area contributed by atoms with Gasteiger partial charge in [-0.1, -0.05) is 61.3 Å². The lowest BCUT2D eigenvalue weighted by Gasteiger charge is -2.24. The molecule has 98 valence electrons. The van der Waals surface area contributed by atoms with Crippen LogP contribution in [0.25, 0.3) is 0 Å². The largest absolute Gasteiger partial charge is 0.0651 e. The highest BCUT2D eigenvalue weighted by atomic mass is 14.2. The Hall–Kier alpha value is 0. The highest BCUT2D eigenvalue weighted by molar-refractivity contribution is 4.67. The summed E-state index contributed by atoms with van der Waals surface area (Å²) in [5.41, 5.74) is 0. The van der Waals surface area contributed by atoms with E-state index in [1.807, 2.05) is 0 Å². The summed E-state index contributed by atoms with van der Waals surface area (Å²) in [7, 11) is 0. The first-order valence-corrected chi connectivity index (χ1v) is 7.38. The van der Waals surface area contributed by atoms with Crippen molar-refractivity contribution in [1.29, 1.82) is 0 Å². The van der Waals surface area contributed by atoms with Crippen LogP contribution in [0, 0.1) is 29.6 Å². The smallest absolute Gasteiger partial charge is 0.0394 e. The second kappa shape index (κ2) is 8.14. The zero-order valence-electron chi connectivity index (χ0n) is 12.7. The quantitative estimate of drug-likeness (QED) is 0.493. The van der Waals surface area contributed by atoms with E-state index < -0.39 is 0 Å². The molecule has 0 spiro atoms. The maximum atomic E-state index is 2.44. The van der Waals surface area contributed by atoms with Crippen molar-refractivity contribution in [3.8, 4) is 0 Å². The maximum absolute atomic E-state index is 2.44. The molecule has 0 aliphatic heterocycles. The molecule has 0 radical (unpaired) electrons. The van der Waals surface area contributed by atoms with Crippen molar-refractivity contribution >= 4 is 0 Å². The van der Waals surface area contributed by atoms with Crippen LogP contribution in [-0.4, -0.2) is 0 Å². The van der Waals surface area contributed by atoms with Crippen LogP contribution >= 0.6 is 0 Å². The van der Waals surface area contributed by atoms with Crippen molar-refractivity contribution in [2.45, 2.75) is 74.1 Å². The van der Waals surface area contributed by atoms with Crippen molar-refractivity contribution in [2.24, 2.45) is 29.6 Å². The Morgan fingerprint density at radius 1 is 0.750 bits per heavy atom. The van der Waals surface area contributed by atoms with Crippen LogP contribution in [0.3, 0.4) is 0 Å². The van der Waals surface area contributed by atoms with Gasteiger partial charge in [0, 0.05) is 0 Å². The van der Waals surface area contributed by atoms with E-state index >= 15 is 0 Å². The Kier molecular flexibility index (Phi) is 8.14. The molecule has 0 aromatic rings. The molecule has 0 fully saturated rings. The van der Waals surface area contributed by atoms with Crippen LogP contribution in [-0.2, 0) is 0 Å². The van der Waals surface area contributed by atoms with Gasteiger partial charge in [0.1, 0.15) is 0 Å². The second-order valence-corrected chi connectivity index (χ2v) is 6.55. The Labute approximate surface area is 104 Å². The number of rotatable bonds is 8. The van der Waals surface area contributed by atoms with Crippen LogP contribution in [0.4, 0.5) is 0 Å². The molecule has 16 heavy (non-hydrogen) atoms. The molecule has 0 aromatic heterocycles. The van der Waals surface area contributed by atoms with Crippen LogP contribution in [0.2, 0.25) is 0 Å². The molecule has 0 heterocycles. The van der Waals surface area contributed by atoms with Crippen molar-refractivity contribution in [3.05, 3.63) is 0 Å². The van der Waals surface area contributed by atoms with Gasteiger partial charge < -0.3 is 0 Å². The third-order valence-electron chi connectivity index (χ3n) is 4.41. The number of hydrogen-bond acceptors (Lipinski definition) is 0. The first kappa shape index (κ1) is 16.0. The molecule has 0 rings (SSSR count). The first-order valence-electron chi connectivity index (χ1n) is 7.38. The van der Waals surface area contributed by atoms with Gasteiger partial charge in [-0.2, -0.15) is 0 Å². The van der Waals surface area contributed by atoms with E-state index in [9.17, 15) is 0 Å². The fourth-order valence-electron chi connectivity index (χ4n) is 2.53. The maximum Gasteiger partial charge on any atom is -0.0394 e. The lowest BCUT2D eigenvalue weighted by Crippen LogP contribution is -2.12. The molecule has 0 N–H and O–H groups in total. The predicted octanol–water partition coefficient (Wildman–Crippen LogP) is 5.77. The minimum absolute atomic E-state index is 0.842. The summed E-state index contributed by atoms with van der Waals surface area (Å²) in [5.74, 6) is 4.44. The molecule has 0 heteroatoms. The number of hydrogen-bond donors (Lipinski definition) is 0. The lowest BCUT2D eigenvalue weighted by molar-refractivity contribution is 0.276. The third kappa shape index (κ3) is 6.55. The van der Waals surface area contributed by atoms with E-state index in [2.05, 4.69) is 48.5 Å². The molecule has 0 aliphatic rings. The van der Waals surface area contributed by atoms with E-state index in [1.54, 1.807) is 0 Å². The molecular formula is C16H34. The Bertz CT molecular complexity index is 157. The molecule has 0 nitrogen and oxygen atoms in total. The summed E-state index contributed by atoms with van der Waals surface area (Å²) in [6.45, 7) is 16.6. The van der Waals surface area contributed by atoms with Crippen molar-refractivity contribution in [1.82, 2.24) is 0 Å². The minimum Gasteiger partial charge on any atom is -0.0651 e. The first-order chi connectivity index (χ1) is 7.38. The van der Waals surface area contributed by atoms with Gasteiger partial charge in [-0.05, 0) is 42.4 Å². The Morgan fingerprint density at radius 2 is 1.31 bits per heavy atom. The Morgan fingerprint density at radius 3 is 1.69 bits per heavy atom. The summed E-state index contributed by atoms with van der Waals surface area (Å²) in [5, 5.41) is 0. The van der Waals surface area contributed by atoms with E-state index in [0.717, 1.165) is 29.6 Å². The average Bonchev–Trinajstić information content (AvgIpc) is 2.17. The van der Waals surface area contributed by atoms with Crippen molar-refractivity contribution in [3.63, 3.8) is 0 Å². The zero-order valence-corrected chi connectivity index (χ0v) is 12.7. The van der Waals surface area contributed by atoms with Crippen LogP contribution in [0.15, 0.2) is 0 Å². The minimum atomic E-state index is 0.842. The van der Waals surface area contributed by atoms with Gasteiger partial charge in [-0.3, -0.25) is 0 Å². The van der Waals surface area contributed by atoms with Gasteiger partial charge in [0.2, 0.25) is 0 Å². The summed E-state index contributed by atoms with van der Waals surface area (Å²) in [6.07, 6.45) is 5.62. The molecule has 3 unspecified atom stereocenters. The molecule has 0 aromatic carbocycles. The second-order valence-electron chi connectivity index (χ2n) is 6.55. The van der Waals surface area contributed by atoms with E-state index in [0.29, 0.717) is 0 Å². The average molecular weight is 226 g/mol. The fourth-order valence-corrected chi connectivity index (χ4v) is 2.53. The Balaban J connectivity index is 3.83. The highest BCUT2D eigenvalue weighted by Gasteiger charge is 2.15. The van der Waals surface area contributed by atoms with Crippen LogP contribution < -0.4 is 0 Å². The summed E-state index contributed by atoms with van der Waals surface area (Å²) in [6, 6.07) is 0. The summed E-state index contributed by atoms with van der Waals surface area (Å²) in [4.78, 5) is 0. The zero-order chi connectivity index (χ0) is 12.7. The highest BCUT2D eigenvalue weighted by Crippen LogP contribution is 2.27. The van der Waals surface area contributed by atoms with Crippen LogP contribution in [0.5, 0.6) is 0 Å². The van der Waals surface area contributed by atoms with E-state index in [4.69, 9.17) is 0 Å². The van der Waals surface area contributed by atoms with Gasteiger partial charge in [-0.15, -0.1) is 0 Å². The third-order valence-corrected chi connectivity index (χ3v) is 4.41. The fraction of sp³-hybridized carbons (Fsp3) is 1.00. The molecule has 0 aliphatic carbocycles. The van der Waals surface area contributed by atoms with Gasteiger partial charge in [0.05, 0.1) is 0 Å². The topological polar surface area (TPSA) is 0 Å². The predicted molar refractivity (Wildman–Crippen MR) is 75.6 cm³/mol. The van der Waals surface area contributed by atoms with Gasteiger partial charge in [0.15, 0.2) is 0 Å². The van der Waals surface area contributed by atoms with Gasteiger partial charge in [-0.25, -0.2) is 0 Å². The van der Waals surface area contributed by atoms with Crippen molar-refractivity contribution < 1.29 is 0 Å². The van der Waals surface area contributed by atoms with Gasteiger partial charge >= 0.3 is 0 Å². The molecule has 0 saturated carbocycles. The lowest BCUT2D eigenvalue weighted by atomic mass is 9.82. The molecular weight excluding hydrogens is 192 g/mol. The molecule has 3 atom stereocenters. The van der Waals surface area contributed by atoms with Gasteiger partial charge in [0.25, 0.3) is 0 Å². The van der Waals surface area contributed by atoms with E-state index in [-0.39, 0.29) is 0 Å². The normalized spacial score (nSPS) is 17.8. The van der Waals surface area contributed by atoms with E-state index in [1.165, 1.54) is 25.7 Å². The summed E-state index contributed by atoms with van der Waals surface area (Å²) < 4.78 is 0. The molecule has 0 saturated heterocycles. The molecule has 0 amide bonds. The monoisotopic (exact) mass is 226 g/mol. The standard InChI is InChI=1S/C16H34/c1-8-16(13(4)5)10-9-14(6)11-15(7)12(2)3/h12-16H,8-11H2,1-7H3. The van der Waals surface area contributed by atoms with Crippen molar-refractivity contribution in [2.75, 3.05) is 0 Å². The molecule has 0 bridgehead atoms. The van der Waals surface area contributed by atoms with Crippen LogP contribution in [0.1, 0.15) is 74.1 Å². The SMILES string of the molecule is CCC(CCC(C)CC(C)C(C)C)C(C)C. The summed E-state index contributed by atoms with van der Waals surface area (Å²) >= 11 is 0.